The number of carbonyl (C=O) groups is 2. The zero-order valence-corrected chi connectivity index (χ0v) is 18.5. The quantitative estimate of drug-likeness (QED) is 0.571. The molecule has 28 heavy (non-hydrogen) atoms. The number of thiophene rings is 2. The van der Waals surface area contributed by atoms with Gasteiger partial charge in [-0.3, -0.25) is 4.79 Å². The molecule has 0 unspecified atom stereocenters. The minimum absolute atomic E-state index is 0.113. The number of ether oxygens (including phenoxy) is 1. The van der Waals surface area contributed by atoms with Gasteiger partial charge in [-0.25, -0.2) is 9.78 Å². The van der Waals surface area contributed by atoms with E-state index in [1.54, 1.807) is 34.5 Å². The van der Waals surface area contributed by atoms with Crippen molar-refractivity contribution < 1.29 is 14.3 Å². The molecule has 4 rings (SSSR count). The standard InChI is InChI=1S/C18H19BrN4O3S2/c1-9(21-18(25)26-2)17(24)23-5-3-4-11(23)16-20-8-10(22-16)12-6-13-14(27-12)7-15(19)28-13/h6-9,11H,3-5H2,1-2H3,(H,20,22)(H,21,25)/t9-,11+/m1/s1. The van der Waals surface area contributed by atoms with Gasteiger partial charge in [-0.05, 0) is 47.8 Å². The summed E-state index contributed by atoms with van der Waals surface area (Å²) in [5, 5.41) is 2.54. The second-order valence-corrected chi connectivity index (χ2v) is 10.2. The average Bonchev–Trinajstić information content (AvgIpc) is 3.42. The largest absolute Gasteiger partial charge is 0.453 e. The van der Waals surface area contributed by atoms with E-state index in [1.807, 2.05) is 6.20 Å². The van der Waals surface area contributed by atoms with Crippen molar-refractivity contribution in [1.29, 1.82) is 0 Å². The van der Waals surface area contributed by atoms with Crippen LogP contribution in [0, 0.1) is 0 Å². The fraction of sp³-hybridized carbons (Fsp3) is 0.389. The number of H-pyrrole nitrogens is 1. The highest BCUT2D eigenvalue weighted by Crippen LogP contribution is 2.40. The van der Waals surface area contributed by atoms with Crippen LogP contribution >= 0.6 is 38.6 Å². The molecule has 2 atom stereocenters. The van der Waals surface area contributed by atoms with E-state index in [2.05, 4.69) is 48.1 Å². The molecule has 2 amide bonds. The Labute approximate surface area is 178 Å². The van der Waals surface area contributed by atoms with Crippen LogP contribution in [0.5, 0.6) is 0 Å². The molecule has 1 aliphatic rings. The summed E-state index contributed by atoms with van der Waals surface area (Å²) in [4.78, 5) is 35.1. The normalized spacial score (nSPS) is 17.8. The van der Waals surface area contributed by atoms with Crippen LogP contribution in [0.1, 0.15) is 31.6 Å². The number of nitrogens with zero attached hydrogens (tertiary/aromatic N) is 2. The summed E-state index contributed by atoms with van der Waals surface area (Å²) in [5.74, 6) is 0.649. The van der Waals surface area contributed by atoms with Crippen LogP contribution < -0.4 is 5.32 Å². The number of imidazole rings is 1. The molecule has 0 spiro atoms. The Bertz CT molecular complexity index is 996. The molecule has 1 saturated heterocycles. The van der Waals surface area contributed by atoms with Crippen LogP contribution in [0.4, 0.5) is 4.79 Å². The Morgan fingerprint density at radius 1 is 1.39 bits per heavy atom. The van der Waals surface area contributed by atoms with Gasteiger partial charge in [0, 0.05) is 15.9 Å². The lowest BCUT2D eigenvalue weighted by atomic mass is 10.2. The molecule has 10 heteroatoms. The van der Waals surface area contributed by atoms with Gasteiger partial charge in [0.25, 0.3) is 0 Å². The van der Waals surface area contributed by atoms with Gasteiger partial charge in [0.2, 0.25) is 5.91 Å². The number of halogens is 1. The maximum atomic E-state index is 12.8. The Kier molecular flexibility index (Phi) is 5.44. The first-order valence-electron chi connectivity index (χ1n) is 8.85. The minimum atomic E-state index is -0.648. The van der Waals surface area contributed by atoms with E-state index in [0.29, 0.717) is 6.54 Å². The van der Waals surface area contributed by atoms with Gasteiger partial charge in [0.15, 0.2) is 0 Å². The maximum absolute atomic E-state index is 12.8. The van der Waals surface area contributed by atoms with Crippen LogP contribution in [-0.2, 0) is 9.53 Å². The smallest absolute Gasteiger partial charge is 0.407 e. The molecule has 0 radical (unpaired) electrons. The van der Waals surface area contributed by atoms with E-state index in [1.165, 1.54) is 16.5 Å². The van der Waals surface area contributed by atoms with Crippen molar-refractivity contribution in [3.05, 3.63) is 27.9 Å². The molecule has 0 aromatic carbocycles. The summed E-state index contributed by atoms with van der Waals surface area (Å²) < 4.78 is 8.19. The number of hydrogen-bond donors (Lipinski definition) is 2. The van der Waals surface area contributed by atoms with E-state index in [9.17, 15) is 9.59 Å². The molecule has 3 aromatic rings. The van der Waals surface area contributed by atoms with Crippen LogP contribution in [-0.4, -0.2) is 46.6 Å². The number of alkyl carbamates (subject to hydrolysis) is 1. The van der Waals surface area contributed by atoms with Gasteiger partial charge in [0.05, 0.1) is 33.7 Å². The summed E-state index contributed by atoms with van der Waals surface area (Å²) in [6, 6.07) is 3.52. The number of nitrogens with one attached hydrogen (secondary N) is 2. The van der Waals surface area contributed by atoms with E-state index in [0.717, 1.165) is 33.0 Å². The lowest BCUT2D eigenvalue weighted by molar-refractivity contribution is -0.134. The first kappa shape index (κ1) is 19.4. The Morgan fingerprint density at radius 3 is 2.93 bits per heavy atom. The van der Waals surface area contributed by atoms with Gasteiger partial charge in [-0.1, -0.05) is 0 Å². The zero-order chi connectivity index (χ0) is 19.8. The molecule has 2 N–H and O–H groups in total. The number of likely N-dealkylation sites (tertiary alicyclic amines) is 1. The molecule has 0 aliphatic carbocycles. The lowest BCUT2D eigenvalue weighted by Crippen LogP contribution is -2.46. The molecule has 3 aromatic heterocycles. The summed E-state index contributed by atoms with van der Waals surface area (Å²) in [6.45, 7) is 2.31. The number of aromatic amines is 1. The van der Waals surface area contributed by atoms with E-state index in [-0.39, 0.29) is 11.9 Å². The summed E-state index contributed by atoms with van der Waals surface area (Å²) in [6.07, 6.45) is 2.97. The van der Waals surface area contributed by atoms with Crippen LogP contribution in [0.3, 0.4) is 0 Å². The van der Waals surface area contributed by atoms with Gasteiger partial charge in [-0.15, -0.1) is 22.7 Å². The first-order valence-corrected chi connectivity index (χ1v) is 11.3. The third-order valence-corrected chi connectivity index (χ3v) is 7.61. The van der Waals surface area contributed by atoms with Crippen molar-refractivity contribution in [3.8, 4) is 10.6 Å². The molecular formula is C18H19BrN4O3S2. The second-order valence-electron chi connectivity index (χ2n) is 6.62. The predicted octanol–water partition coefficient (Wildman–Crippen LogP) is 4.52. The predicted molar refractivity (Wildman–Crippen MR) is 114 cm³/mol. The SMILES string of the molecule is COC(=O)N[C@H](C)C(=O)N1CCC[C@H]1c1ncc(-c2cc3sc(Br)cc3s2)[nH]1. The van der Waals surface area contributed by atoms with Crippen molar-refractivity contribution in [2.45, 2.75) is 31.8 Å². The van der Waals surface area contributed by atoms with E-state index < -0.39 is 12.1 Å². The summed E-state index contributed by atoms with van der Waals surface area (Å²) in [7, 11) is 1.28. The van der Waals surface area contributed by atoms with E-state index >= 15 is 0 Å². The fourth-order valence-electron chi connectivity index (χ4n) is 3.43. The minimum Gasteiger partial charge on any atom is -0.453 e. The molecule has 7 nitrogen and oxygen atoms in total. The second kappa shape index (κ2) is 7.84. The molecule has 148 valence electrons. The van der Waals surface area contributed by atoms with Crippen molar-refractivity contribution in [2.24, 2.45) is 0 Å². The number of amides is 2. The molecule has 1 fully saturated rings. The van der Waals surface area contributed by atoms with Crippen molar-refractivity contribution in [1.82, 2.24) is 20.2 Å². The Balaban J connectivity index is 1.52. The highest BCUT2D eigenvalue weighted by molar-refractivity contribution is 9.11. The van der Waals surface area contributed by atoms with Crippen molar-refractivity contribution in [2.75, 3.05) is 13.7 Å². The molecule has 0 saturated carbocycles. The summed E-state index contributed by atoms with van der Waals surface area (Å²) >= 11 is 6.94. The number of fused-ring (bicyclic) bond motifs is 1. The Hall–Kier alpha value is -1.91. The highest BCUT2D eigenvalue weighted by atomic mass is 79.9. The first-order chi connectivity index (χ1) is 13.5. The molecule has 0 bridgehead atoms. The number of hydrogen-bond acceptors (Lipinski definition) is 6. The topological polar surface area (TPSA) is 87.3 Å². The van der Waals surface area contributed by atoms with Gasteiger partial charge >= 0.3 is 6.09 Å². The lowest BCUT2D eigenvalue weighted by Gasteiger charge is -2.26. The molecule has 4 heterocycles. The van der Waals surface area contributed by atoms with Gasteiger partial charge < -0.3 is 19.9 Å². The van der Waals surface area contributed by atoms with Crippen molar-refractivity contribution in [3.63, 3.8) is 0 Å². The van der Waals surface area contributed by atoms with Crippen LogP contribution in [0.25, 0.3) is 20.0 Å². The Morgan fingerprint density at radius 2 is 2.18 bits per heavy atom. The van der Waals surface area contributed by atoms with E-state index in [4.69, 9.17) is 0 Å². The number of methoxy groups -OCH3 is 1. The van der Waals surface area contributed by atoms with Crippen LogP contribution in [0.15, 0.2) is 22.1 Å². The van der Waals surface area contributed by atoms with Gasteiger partial charge in [0.1, 0.15) is 11.9 Å². The number of carbonyl (C=O) groups excluding carboxylic acids is 2. The molecule has 1 aliphatic heterocycles. The third-order valence-electron chi connectivity index (χ3n) is 4.78. The van der Waals surface area contributed by atoms with Gasteiger partial charge in [-0.2, -0.15) is 0 Å². The summed E-state index contributed by atoms with van der Waals surface area (Å²) in [5.41, 5.74) is 0.958. The monoisotopic (exact) mass is 482 g/mol. The van der Waals surface area contributed by atoms with Crippen molar-refractivity contribution >= 4 is 60.0 Å². The average molecular weight is 483 g/mol. The zero-order valence-electron chi connectivity index (χ0n) is 15.3. The fourth-order valence-corrected chi connectivity index (χ4v) is 6.42. The highest BCUT2D eigenvalue weighted by Gasteiger charge is 2.34. The molecular weight excluding hydrogens is 464 g/mol. The third kappa shape index (κ3) is 3.68. The number of rotatable bonds is 4. The number of aromatic nitrogens is 2. The van der Waals surface area contributed by atoms with Crippen LogP contribution in [0.2, 0.25) is 0 Å². The maximum Gasteiger partial charge on any atom is 0.407 e.